The molecule has 0 aromatic rings. The van der Waals surface area contributed by atoms with Gasteiger partial charge in [-0.2, -0.15) is 0 Å². The largest absolute Gasteiger partial charge is 0.515 e. The first-order valence-corrected chi connectivity index (χ1v) is 29.0. The van der Waals surface area contributed by atoms with Crippen LogP contribution < -0.4 is 10.6 Å². The molecular weight excluding hydrogens is 1060 g/mol. The molecule has 0 radical (unpaired) electrons. The maximum absolute atomic E-state index is 14.4. The van der Waals surface area contributed by atoms with Crippen LogP contribution in [0.3, 0.4) is 0 Å². The van der Waals surface area contributed by atoms with Crippen molar-refractivity contribution < 1.29 is 43.6 Å². The van der Waals surface area contributed by atoms with Crippen LogP contribution in [-0.4, -0.2) is 89.0 Å². The molecule has 1 saturated carbocycles. The normalized spacial score (nSPS) is 26.2. The van der Waals surface area contributed by atoms with Crippen molar-refractivity contribution in [3.05, 3.63) is 183 Å². The van der Waals surface area contributed by atoms with Gasteiger partial charge in [0.15, 0.2) is 5.78 Å². The van der Waals surface area contributed by atoms with Crippen LogP contribution in [0.15, 0.2) is 213 Å². The van der Waals surface area contributed by atoms with Gasteiger partial charge >= 0.3 is 17.9 Å². The molecule has 12 rings (SSSR count). The summed E-state index contributed by atoms with van der Waals surface area (Å²) in [4.78, 5) is 85.8. The second kappa shape index (κ2) is 21.1. The van der Waals surface area contributed by atoms with Gasteiger partial charge in [-0.3, -0.25) is 19.2 Å². The summed E-state index contributed by atoms with van der Waals surface area (Å²) in [6, 6.07) is 0. The number of nitrogens with zero attached hydrogens (tertiary/aromatic N) is 6. The lowest BCUT2D eigenvalue weighted by molar-refractivity contribution is -0.144. The number of aliphatic hydroxyl groups excluding tert-OH is 2. The summed E-state index contributed by atoms with van der Waals surface area (Å²) in [5.41, 5.74) is 21.8. The average Bonchev–Trinajstić information content (AvgIpc) is 2.01. The molecule has 17 heteroatoms. The number of fused-ring (bicyclic) bond motifs is 10. The monoisotopic (exact) mass is 1130 g/mol. The lowest BCUT2D eigenvalue weighted by Gasteiger charge is -2.20. The second-order valence-corrected chi connectivity index (χ2v) is 23.2. The SMILES string of the molecule is CCC1=C(C)C2=NC1=CC1=C(C)C3=C(O)C(C(=O)OC)C(=C4NC(=CC5=NC(=C2)C(COC(=O)CC[C@@H]2C6=C7CC(=O)C8=C(C)C(=CC9=NC(=CC%10=NC(=C(C)/C%10=C/O)C=C(N6)[C@H]2C)C(C)=C9CC)N=C78)=C5C)[C@@H](C)[C@@H]4CCC(=O)OC)C3=N1. The van der Waals surface area contributed by atoms with Crippen molar-refractivity contribution >= 4 is 58.0 Å². The zero-order chi connectivity index (χ0) is 59.5. The molecule has 84 heavy (non-hydrogen) atoms. The molecule has 12 aliphatic rings. The molecule has 430 valence electrons. The average molecular weight is 1130 g/mol. The molecule has 16 bridgehead atoms. The predicted octanol–water partition coefficient (Wildman–Crippen LogP) is 11.2. The lowest BCUT2D eigenvalue weighted by atomic mass is 9.84. The van der Waals surface area contributed by atoms with Gasteiger partial charge in [0.25, 0.3) is 0 Å². The standard InChI is InChI=1S/C67H68N8O9/c1-13-36-28(3)45-22-53-41(26-76)32(7)43(70-53)20-47-30(5)38(62(72-47)40-19-55(77)58-34(9)49(74-64(40)58)24-51(36)68-45)16-18-57(79)84-27-42-33(8)44-21-48-31(6)39(15-17-56(78)82-11)63(73-48)60-61(67(81)83-12)66(80)59-35(10)50(75-65(59)60)25-52-37(14-2)29(4)46(69-52)23-54(42)71-44/h20-26,30-31,38-39,61,72-73,76,80H,13-19,27H2,1-12H3/b41-26-,45-22?,47-20?,48-21?,49-24?,52-25?,54-23?,62-40?,63-60?/t30-,31-,38-,39-,61?/m0/s1. The molecule has 1 unspecified atom stereocenters. The van der Waals surface area contributed by atoms with Crippen LogP contribution in [0.1, 0.15) is 114 Å². The van der Waals surface area contributed by atoms with Crippen LogP contribution in [0.5, 0.6) is 0 Å². The predicted molar refractivity (Wildman–Crippen MR) is 322 cm³/mol. The summed E-state index contributed by atoms with van der Waals surface area (Å²) in [5, 5.41) is 29.9. The number of rotatable bonds is 11. The van der Waals surface area contributed by atoms with Crippen LogP contribution in [0, 0.1) is 29.6 Å². The third-order valence-electron chi connectivity index (χ3n) is 18.9. The highest BCUT2D eigenvalue weighted by atomic mass is 16.5. The molecule has 5 atom stereocenters. The van der Waals surface area contributed by atoms with Crippen molar-refractivity contribution in [2.75, 3.05) is 20.8 Å². The Morgan fingerprint density at radius 3 is 1.89 bits per heavy atom. The first-order chi connectivity index (χ1) is 40.3. The third-order valence-corrected chi connectivity index (χ3v) is 18.9. The Bertz CT molecular complexity index is 3990. The summed E-state index contributed by atoms with van der Waals surface area (Å²) in [6.07, 6.45) is 15.3. The number of ether oxygens (including phenoxy) is 3. The number of aliphatic imine (C=N–C) groups is 6. The minimum atomic E-state index is -1.16. The fourth-order valence-electron chi connectivity index (χ4n) is 13.9. The van der Waals surface area contributed by atoms with E-state index in [1.165, 1.54) is 14.2 Å². The molecule has 2 saturated heterocycles. The van der Waals surface area contributed by atoms with E-state index in [0.29, 0.717) is 115 Å². The van der Waals surface area contributed by atoms with Crippen LogP contribution >= 0.6 is 0 Å². The van der Waals surface area contributed by atoms with E-state index in [1.54, 1.807) is 0 Å². The number of hydrogen-bond acceptors (Lipinski definition) is 17. The quantitative estimate of drug-likeness (QED) is 0.0863. The van der Waals surface area contributed by atoms with E-state index in [0.717, 1.165) is 85.8 Å². The van der Waals surface area contributed by atoms with Gasteiger partial charge in [0.1, 0.15) is 18.3 Å². The Balaban J connectivity index is 0.892. The Morgan fingerprint density at radius 2 is 1.20 bits per heavy atom. The molecule has 2 aliphatic carbocycles. The van der Waals surface area contributed by atoms with Crippen LogP contribution in [-0.2, 0) is 33.4 Å². The van der Waals surface area contributed by atoms with Gasteiger partial charge in [-0.25, -0.2) is 30.0 Å². The molecule has 0 amide bonds. The zero-order valence-corrected chi connectivity index (χ0v) is 49.5. The Kier molecular flexibility index (Phi) is 14.0. The fraction of sp³-hybridized carbons (Fsp3) is 0.373. The molecule has 3 fully saturated rings. The molecular formula is C67H68N8O9. The molecule has 0 spiro atoms. The van der Waals surface area contributed by atoms with E-state index in [9.17, 15) is 29.4 Å². The van der Waals surface area contributed by atoms with Gasteiger partial charge in [-0.1, -0.05) is 27.7 Å². The van der Waals surface area contributed by atoms with E-state index in [1.807, 2.05) is 84.9 Å². The highest BCUT2D eigenvalue weighted by Crippen LogP contribution is 2.50. The van der Waals surface area contributed by atoms with E-state index < -0.39 is 17.9 Å². The molecule has 4 N–H and O–H groups in total. The van der Waals surface area contributed by atoms with Crippen LogP contribution in [0.25, 0.3) is 0 Å². The maximum Gasteiger partial charge on any atom is 0.321 e. The zero-order valence-electron chi connectivity index (χ0n) is 49.5. The topological polar surface area (TPSA) is 235 Å². The number of methoxy groups -OCH3 is 2. The third kappa shape index (κ3) is 8.79. The minimum absolute atomic E-state index is 0.00587. The summed E-state index contributed by atoms with van der Waals surface area (Å²) >= 11 is 0. The fourth-order valence-corrected chi connectivity index (χ4v) is 13.9. The number of carbonyl (C=O) groups is 4. The van der Waals surface area contributed by atoms with E-state index >= 15 is 0 Å². The van der Waals surface area contributed by atoms with Crippen molar-refractivity contribution in [2.45, 2.75) is 114 Å². The molecule has 10 aliphatic heterocycles. The Labute approximate surface area is 488 Å². The Hall–Kier alpha value is -8.86. The van der Waals surface area contributed by atoms with Crippen LogP contribution in [0.2, 0.25) is 0 Å². The number of nitrogens with one attached hydrogen (secondary N) is 2. The van der Waals surface area contributed by atoms with Gasteiger partial charge in [0.2, 0.25) is 0 Å². The molecule has 0 aromatic carbocycles. The number of Topliss-reactive ketones (excluding diaryl/α,β-unsaturated/α-hetero) is 1. The van der Waals surface area contributed by atoms with Gasteiger partial charge in [-0.15, -0.1) is 0 Å². The number of allylic oxidation sites excluding steroid dienone is 22. The van der Waals surface area contributed by atoms with Crippen LogP contribution in [0.4, 0.5) is 0 Å². The van der Waals surface area contributed by atoms with Crippen molar-refractivity contribution in [2.24, 2.45) is 59.5 Å². The van der Waals surface area contributed by atoms with Gasteiger partial charge in [-0.05, 0) is 148 Å². The van der Waals surface area contributed by atoms with Crippen molar-refractivity contribution in [1.29, 1.82) is 0 Å². The highest BCUT2D eigenvalue weighted by molar-refractivity contribution is 6.38. The summed E-state index contributed by atoms with van der Waals surface area (Å²) < 4.78 is 16.7. The summed E-state index contributed by atoms with van der Waals surface area (Å²) in [7, 11) is 2.65. The summed E-state index contributed by atoms with van der Waals surface area (Å²) in [5.74, 6) is -3.71. The van der Waals surface area contributed by atoms with Crippen molar-refractivity contribution in [3.8, 4) is 0 Å². The van der Waals surface area contributed by atoms with E-state index in [-0.39, 0.29) is 67.1 Å². The van der Waals surface area contributed by atoms with Gasteiger partial charge < -0.3 is 35.1 Å². The minimum Gasteiger partial charge on any atom is -0.515 e. The van der Waals surface area contributed by atoms with E-state index in [2.05, 4.69) is 31.4 Å². The summed E-state index contributed by atoms with van der Waals surface area (Å²) in [6.45, 7) is 20.0. The van der Waals surface area contributed by atoms with Gasteiger partial charge in [0, 0.05) is 99.2 Å². The lowest BCUT2D eigenvalue weighted by Crippen LogP contribution is -2.25. The van der Waals surface area contributed by atoms with Gasteiger partial charge in [0.05, 0.1) is 88.9 Å². The molecule has 0 aromatic heterocycles. The molecule has 17 nitrogen and oxygen atoms in total. The van der Waals surface area contributed by atoms with Crippen molar-refractivity contribution in [3.63, 3.8) is 0 Å². The first-order valence-electron chi connectivity index (χ1n) is 29.0. The molecule has 10 heterocycles. The first kappa shape index (κ1) is 55.7. The number of carbonyl (C=O) groups excluding carboxylic acids is 4. The number of aliphatic hydroxyl groups is 2. The number of esters is 3. The number of ketones is 1. The van der Waals surface area contributed by atoms with Crippen molar-refractivity contribution in [1.82, 2.24) is 10.6 Å². The van der Waals surface area contributed by atoms with E-state index in [4.69, 9.17) is 44.2 Å². The Morgan fingerprint density at radius 1 is 0.607 bits per heavy atom. The maximum atomic E-state index is 14.4. The number of hydrogen-bond donors (Lipinski definition) is 4. The second-order valence-electron chi connectivity index (χ2n) is 23.2. The highest BCUT2D eigenvalue weighted by Gasteiger charge is 2.50. The smallest absolute Gasteiger partial charge is 0.321 e.